The lowest BCUT2D eigenvalue weighted by Crippen LogP contribution is -2.00. The third-order valence-electron chi connectivity index (χ3n) is 4.49. The van der Waals surface area contributed by atoms with Gasteiger partial charge in [0.1, 0.15) is 17.1 Å². The van der Waals surface area contributed by atoms with E-state index in [0.29, 0.717) is 33.3 Å². The van der Waals surface area contributed by atoms with Gasteiger partial charge in [-0.1, -0.05) is 41.6 Å². The van der Waals surface area contributed by atoms with Gasteiger partial charge in [0.25, 0.3) is 0 Å². The van der Waals surface area contributed by atoms with Crippen molar-refractivity contribution in [2.45, 2.75) is 6.92 Å². The number of nitrogens with one attached hydrogen (secondary N) is 1. The minimum atomic E-state index is 0.477. The van der Waals surface area contributed by atoms with Crippen LogP contribution < -0.4 is 0 Å². The minimum Gasteiger partial charge on any atom is -0.360 e. The number of para-hydroxylation sites is 2. The fourth-order valence-corrected chi connectivity index (χ4v) is 3.39. The maximum absolute atomic E-state index is 5.49. The Morgan fingerprint density at radius 1 is 0.966 bits per heavy atom. The van der Waals surface area contributed by atoms with E-state index in [1.807, 2.05) is 72.2 Å². The summed E-state index contributed by atoms with van der Waals surface area (Å²) in [5.74, 6) is 1.21. The van der Waals surface area contributed by atoms with Crippen LogP contribution in [0.25, 0.3) is 34.2 Å². The summed E-state index contributed by atoms with van der Waals surface area (Å²) in [4.78, 5) is 1.55. The second-order valence-electron chi connectivity index (χ2n) is 6.34. The molecule has 142 valence electrons. The van der Waals surface area contributed by atoms with Crippen LogP contribution >= 0.6 is 12.2 Å². The van der Waals surface area contributed by atoms with E-state index in [9.17, 15) is 0 Å². The number of aromatic amines is 1. The number of aryl methyl sites for hydroxylation is 1. The van der Waals surface area contributed by atoms with E-state index in [2.05, 4.69) is 25.6 Å². The SMILES string of the molecule is Cc1onc(-c2cnn(-c3ccccc3)n2)c1-c1n[nH]c(=S)n1-c1ccccc1. The number of H-pyrrole nitrogens is 1. The molecule has 9 heteroatoms. The van der Waals surface area contributed by atoms with E-state index in [4.69, 9.17) is 16.7 Å². The molecular formula is C20H15N7OS. The summed E-state index contributed by atoms with van der Waals surface area (Å²) in [6, 6.07) is 19.4. The molecule has 0 atom stereocenters. The maximum atomic E-state index is 5.49. The van der Waals surface area contributed by atoms with Gasteiger partial charge in [-0.05, 0) is 43.4 Å². The van der Waals surface area contributed by atoms with Gasteiger partial charge in [0, 0.05) is 5.69 Å². The van der Waals surface area contributed by atoms with Gasteiger partial charge < -0.3 is 4.52 Å². The third-order valence-corrected chi connectivity index (χ3v) is 4.77. The Morgan fingerprint density at radius 2 is 1.66 bits per heavy atom. The lowest BCUT2D eigenvalue weighted by Gasteiger charge is -2.06. The largest absolute Gasteiger partial charge is 0.360 e. The molecule has 2 aromatic carbocycles. The zero-order chi connectivity index (χ0) is 19.8. The van der Waals surface area contributed by atoms with Crippen LogP contribution in [-0.2, 0) is 0 Å². The first-order valence-corrected chi connectivity index (χ1v) is 9.31. The summed E-state index contributed by atoms with van der Waals surface area (Å²) in [6.07, 6.45) is 1.65. The van der Waals surface area contributed by atoms with Crippen molar-refractivity contribution in [1.29, 1.82) is 0 Å². The standard InChI is InChI=1S/C20H15N7OS/c1-13-17(19-22-23-20(29)26(19)14-8-4-2-5-9-14)18(25-28-13)16-12-21-27(24-16)15-10-6-3-7-11-15/h2-12H,1H3,(H,23,29). The zero-order valence-corrected chi connectivity index (χ0v) is 16.2. The molecule has 0 bridgehead atoms. The van der Waals surface area contributed by atoms with Crippen molar-refractivity contribution in [2.75, 3.05) is 0 Å². The van der Waals surface area contributed by atoms with Gasteiger partial charge in [0.05, 0.1) is 17.4 Å². The minimum absolute atomic E-state index is 0.477. The molecule has 0 fully saturated rings. The first-order valence-electron chi connectivity index (χ1n) is 8.90. The Labute approximate surface area is 170 Å². The Bertz CT molecular complexity index is 1330. The molecule has 5 rings (SSSR count). The fraction of sp³-hybridized carbons (Fsp3) is 0.0500. The Balaban J connectivity index is 1.65. The second kappa shape index (κ2) is 6.95. The molecule has 0 aliphatic heterocycles. The smallest absolute Gasteiger partial charge is 0.200 e. The number of hydrogen-bond donors (Lipinski definition) is 1. The summed E-state index contributed by atoms with van der Waals surface area (Å²) in [7, 11) is 0. The van der Waals surface area contributed by atoms with Gasteiger partial charge in [-0.15, -0.1) is 5.10 Å². The molecule has 0 saturated carbocycles. The molecule has 1 N–H and O–H groups in total. The van der Waals surface area contributed by atoms with Crippen LogP contribution in [0.3, 0.4) is 0 Å². The highest BCUT2D eigenvalue weighted by atomic mass is 32.1. The van der Waals surface area contributed by atoms with E-state index in [1.165, 1.54) is 0 Å². The summed E-state index contributed by atoms with van der Waals surface area (Å²) < 4.78 is 7.82. The molecule has 0 spiro atoms. The molecular weight excluding hydrogens is 386 g/mol. The summed E-state index contributed by atoms with van der Waals surface area (Å²) in [6.45, 7) is 1.83. The molecule has 3 heterocycles. The summed E-state index contributed by atoms with van der Waals surface area (Å²) in [5.41, 5.74) is 3.58. The molecule has 3 aromatic heterocycles. The normalized spacial score (nSPS) is 11.1. The van der Waals surface area contributed by atoms with E-state index in [0.717, 1.165) is 11.4 Å². The van der Waals surface area contributed by atoms with E-state index >= 15 is 0 Å². The van der Waals surface area contributed by atoms with Crippen molar-refractivity contribution in [3.63, 3.8) is 0 Å². The molecule has 0 aliphatic carbocycles. The first kappa shape index (κ1) is 17.3. The van der Waals surface area contributed by atoms with Gasteiger partial charge in [0.15, 0.2) is 10.6 Å². The Hall–Kier alpha value is -3.85. The molecule has 5 aromatic rings. The van der Waals surface area contributed by atoms with Crippen LogP contribution in [0.4, 0.5) is 0 Å². The molecule has 0 saturated heterocycles. The average Bonchev–Trinajstić information content (AvgIpc) is 3.47. The Morgan fingerprint density at radius 3 is 2.38 bits per heavy atom. The highest BCUT2D eigenvalue weighted by Crippen LogP contribution is 2.33. The highest BCUT2D eigenvalue weighted by molar-refractivity contribution is 7.71. The molecule has 0 aliphatic rings. The van der Waals surface area contributed by atoms with Gasteiger partial charge >= 0.3 is 0 Å². The van der Waals surface area contributed by atoms with Crippen LogP contribution in [-0.4, -0.2) is 34.9 Å². The summed E-state index contributed by atoms with van der Waals surface area (Å²) in [5, 5.41) is 20.5. The molecule has 0 unspecified atom stereocenters. The predicted octanol–water partition coefficient (Wildman–Crippen LogP) is 4.14. The lowest BCUT2D eigenvalue weighted by molar-refractivity contribution is 0.400. The monoisotopic (exact) mass is 401 g/mol. The van der Waals surface area contributed by atoms with Crippen LogP contribution in [0.5, 0.6) is 0 Å². The van der Waals surface area contributed by atoms with Crippen molar-refractivity contribution in [1.82, 2.24) is 34.9 Å². The zero-order valence-electron chi connectivity index (χ0n) is 15.4. The van der Waals surface area contributed by atoms with Gasteiger partial charge in [0.2, 0.25) is 0 Å². The third kappa shape index (κ3) is 2.97. The predicted molar refractivity (Wildman–Crippen MR) is 109 cm³/mol. The van der Waals surface area contributed by atoms with Gasteiger partial charge in [-0.25, -0.2) is 0 Å². The first-order chi connectivity index (χ1) is 14.2. The number of rotatable bonds is 4. The van der Waals surface area contributed by atoms with E-state index < -0.39 is 0 Å². The van der Waals surface area contributed by atoms with Crippen molar-refractivity contribution >= 4 is 12.2 Å². The number of hydrogen-bond acceptors (Lipinski definition) is 6. The lowest BCUT2D eigenvalue weighted by atomic mass is 10.1. The molecule has 29 heavy (non-hydrogen) atoms. The van der Waals surface area contributed by atoms with Crippen LogP contribution in [0.2, 0.25) is 0 Å². The number of benzene rings is 2. The van der Waals surface area contributed by atoms with Crippen LogP contribution in [0, 0.1) is 11.7 Å². The topological polar surface area (TPSA) is 90.3 Å². The maximum Gasteiger partial charge on any atom is 0.200 e. The molecule has 8 nitrogen and oxygen atoms in total. The van der Waals surface area contributed by atoms with Crippen molar-refractivity contribution in [3.8, 4) is 34.2 Å². The number of nitrogens with zero attached hydrogens (tertiary/aromatic N) is 6. The molecule has 0 radical (unpaired) electrons. The Kier molecular flexibility index (Phi) is 4.14. The van der Waals surface area contributed by atoms with Crippen molar-refractivity contribution in [3.05, 3.63) is 77.4 Å². The van der Waals surface area contributed by atoms with Gasteiger partial charge in [-0.3, -0.25) is 9.67 Å². The fourth-order valence-electron chi connectivity index (χ4n) is 3.15. The summed E-state index contributed by atoms with van der Waals surface area (Å²) >= 11 is 5.46. The van der Waals surface area contributed by atoms with Crippen molar-refractivity contribution in [2.24, 2.45) is 0 Å². The highest BCUT2D eigenvalue weighted by Gasteiger charge is 2.24. The number of aromatic nitrogens is 7. The van der Waals surface area contributed by atoms with Crippen LogP contribution in [0.15, 0.2) is 71.4 Å². The molecule has 0 amide bonds. The van der Waals surface area contributed by atoms with E-state index in [1.54, 1.807) is 11.0 Å². The van der Waals surface area contributed by atoms with Crippen LogP contribution in [0.1, 0.15) is 5.76 Å². The quantitative estimate of drug-likeness (QED) is 0.455. The van der Waals surface area contributed by atoms with Gasteiger partial charge in [-0.2, -0.15) is 15.0 Å². The second-order valence-corrected chi connectivity index (χ2v) is 6.73. The average molecular weight is 401 g/mol. The van der Waals surface area contributed by atoms with Crippen molar-refractivity contribution < 1.29 is 4.52 Å². The van der Waals surface area contributed by atoms with E-state index in [-0.39, 0.29) is 0 Å².